The Balaban J connectivity index is 1.94. The number of aromatic nitrogens is 3. The summed E-state index contributed by atoms with van der Waals surface area (Å²) in [6.45, 7) is 5.46. The number of hydrogen-bond donors (Lipinski definition) is 3. The first-order valence-electron chi connectivity index (χ1n) is 7.98. The maximum atomic E-state index is 14.5. The van der Waals surface area contributed by atoms with Crippen LogP contribution in [0, 0.1) is 5.82 Å². The number of benzene rings is 1. The lowest BCUT2D eigenvalue weighted by molar-refractivity contribution is 0.0687. The minimum absolute atomic E-state index is 0.254. The van der Waals surface area contributed by atoms with Crippen LogP contribution >= 0.6 is 11.3 Å². The van der Waals surface area contributed by atoms with E-state index in [4.69, 9.17) is 0 Å². The molecular weight excluding hydrogens is 357 g/mol. The number of hydrogen-bond acceptors (Lipinski definition) is 6. The number of nitrogens with one attached hydrogen (secondary N) is 2. The van der Waals surface area contributed by atoms with Crippen LogP contribution < -0.4 is 10.6 Å². The van der Waals surface area contributed by atoms with E-state index in [0.717, 1.165) is 0 Å². The average Bonchev–Trinajstić information content (AvgIpc) is 2.94. The molecule has 26 heavy (non-hydrogen) atoms. The van der Waals surface area contributed by atoms with Gasteiger partial charge < -0.3 is 10.4 Å². The molecule has 0 fully saturated rings. The highest BCUT2D eigenvalue weighted by Crippen LogP contribution is 2.32. The van der Waals surface area contributed by atoms with Crippen LogP contribution in [0.2, 0.25) is 0 Å². The van der Waals surface area contributed by atoms with E-state index in [1.54, 1.807) is 19.9 Å². The van der Waals surface area contributed by atoms with Crippen LogP contribution in [0.3, 0.4) is 0 Å². The van der Waals surface area contributed by atoms with E-state index >= 15 is 0 Å². The molecule has 3 rings (SSSR count). The molecule has 0 aliphatic carbocycles. The highest BCUT2D eigenvalue weighted by Gasteiger charge is 2.20. The molecule has 136 valence electrons. The average molecular weight is 375 g/mol. The Bertz CT molecular complexity index is 950. The van der Waals surface area contributed by atoms with Gasteiger partial charge in [-0.25, -0.2) is 24.1 Å². The second kappa shape index (κ2) is 6.93. The van der Waals surface area contributed by atoms with Crippen LogP contribution in [0.5, 0.6) is 0 Å². The number of urea groups is 1. The molecule has 0 bridgehead atoms. The summed E-state index contributed by atoms with van der Waals surface area (Å²) in [5.74, 6) is -0.185. The molecule has 0 saturated heterocycles. The second-order valence-corrected chi connectivity index (χ2v) is 7.19. The molecule has 0 aliphatic rings. The Morgan fingerprint density at radius 1 is 1.31 bits per heavy atom. The molecule has 0 radical (unpaired) electrons. The van der Waals surface area contributed by atoms with Crippen LogP contribution in [0.15, 0.2) is 24.5 Å². The predicted molar refractivity (Wildman–Crippen MR) is 98.5 cm³/mol. The Labute approximate surface area is 153 Å². The second-order valence-electron chi connectivity index (χ2n) is 6.16. The van der Waals surface area contributed by atoms with Crippen molar-refractivity contribution in [3.8, 4) is 11.1 Å². The number of rotatable bonds is 4. The van der Waals surface area contributed by atoms with Gasteiger partial charge in [-0.2, -0.15) is 0 Å². The van der Waals surface area contributed by atoms with E-state index in [9.17, 15) is 14.3 Å². The fourth-order valence-electron chi connectivity index (χ4n) is 2.31. The van der Waals surface area contributed by atoms with Crippen LogP contribution in [0.4, 0.5) is 14.3 Å². The molecule has 0 unspecified atom stereocenters. The maximum absolute atomic E-state index is 14.5. The molecule has 0 saturated carbocycles. The quantitative estimate of drug-likeness (QED) is 0.650. The lowest BCUT2D eigenvalue weighted by Crippen LogP contribution is -2.28. The van der Waals surface area contributed by atoms with Crippen LogP contribution in [-0.2, 0) is 5.60 Å². The van der Waals surface area contributed by atoms with Gasteiger partial charge in [0.2, 0.25) is 0 Å². The molecule has 0 aliphatic heterocycles. The minimum atomic E-state index is -1.17. The molecule has 3 N–H and O–H groups in total. The van der Waals surface area contributed by atoms with Gasteiger partial charge in [-0.15, -0.1) is 0 Å². The summed E-state index contributed by atoms with van der Waals surface area (Å²) >= 11 is 1.19. The van der Waals surface area contributed by atoms with Crippen LogP contribution in [-0.4, -0.2) is 32.6 Å². The van der Waals surface area contributed by atoms with E-state index < -0.39 is 11.4 Å². The van der Waals surface area contributed by atoms with Gasteiger partial charge in [0.15, 0.2) is 11.0 Å². The molecule has 2 aromatic heterocycles. The summed E-state index contributed by atoms with van der Waals surface area (Å²) < 4.78 is 15.1. The Kier molecular flexibility index (Phi) is 4.84. The third-order valence-corrected chi connectivity index (χ3v) is 4.48. The molecular formula is C17H18FN5O2S. The van der Waals surface area contributed by atoms with Crippen molar-refractivity contribution < 1.29 is 14.3 Å². The number of carbonyl (C=O) groups excluding carboxylic acids is 1. The fourth-order valence-corrected chi connectivity index (χ4v) is 3.18. The third kappa shape index (κ3) is 3.78. The molecule has 1 aromatic carbocycles. The van der Waals surface area contributed by atoms with Crippen molar-refractivity contribution in [3.05, 3.63) is 36.2 Å². The summed E-state index contributed by atoms with van der Waals surface area (Å²) in [6, 6.07) is 2.60. The van der Waals surface area contributed by atoms with E-state index in [0.29, 0.717) is 33.0 Å². The monoisotopic (exact) mass is 375 g/mol. The largest absolute Gasteiger partial charge is 0.382 e. The summed E-state index contributed by atoms with van der Waals surface area (Å²) in [6.07, 6.45) is 2.93. The zero-order chi connectivity index (χ0) is 18.9. The number of thiazole rings is 1. The number of carbonyl (C=O) groups is 1. The molecule has 2 amide bonds. The molecule has 3 aromatic rings. The highest BCUT2D eigenvalue weighted by molar-refractivity contribution is 7.22. The summed E-state index contributed by atoms with van der Waals surface area (Å²) in [4.78, 5) is 24.1. The van der Waals surface area contributed by atoms with Gasteiger partial charge in [-0.3, -0.25) is 5.32 Å². The van der Waals surface area contributed by atoms with Crippen molar-refractivity contribution >= 4 is 32.7 Å². The smallest absolute Gasteiger partial charge is 0.321 e. The van der Waals surface area contributed by atoms with E-state index in [1.165, 1.54) is 29.8 Å². The van der Waals surface area contributed by atoms with E-state index in [-0.39, 0.29) is 11.9 Å². The van der Waals surface area contributed by atoms with Gasteiger partial charge >= 0.3 is 6.03 Å². The van der Waals surface area contributed by atoms with Gasteiger partial charge in [-0.1, -0.05) is 11.3 Å². The van der Waals surface area contributed by atoms with Gasteiger partial charge in [0.25, 0.3) is 0 Å². The molecule has 9 heteroatoms. The summed E-state index contributed by atoms with van der Waals surface area (Å²) in [7, 11) is 0. The van der Waals surface area contributed by atoms with Crippen molar-refractivity contribution in [3.63, 3.8) is 0 Å². The molecule has 7 nitrogen and oxygen atoms in total. The molecule has 0 atom stereocenters. The normalized spacial score (nSPS) is 11.6. The van der Waals surface area contributed by atoms with Crippen LogP contribution in [0.1, 0.15) is 26.6 Å². The zero-order valence-electron chi connectivity index (χ0n) is 14.5. The van der Waals surface area contributed by atoms with Crippen molar-refractivity contribution in [2.24, 2.45) is 0 Å². The van der Waals surface area contributed by atoms with Gasteiger partial charge in [0, 0.05) is 30.1 Å². The van der Waals surface area contributed by atoms with E-state index in [1.807, 2.05) is 6.92 Å². The maximum Gasteiger partial charge on any atom is 0.321 e. The number of halogens is 1. The number of nitrogens with zero attached hydrogens (tertiary/aromatic N) is 3. The molecule has 0 spiro atoms. The van der Waals surface area contributed by atoms with Crippen molar-refractivity contribution in [2.75, 3.05) is 11.9 Å². The van der Waals surface area contributed by atoms with Crippen molar-refractivity contribution in [1.29, 1.82) is 0 Å². The lowest BCUT2D eigenvalue weighted by atomic mass is 10.1. The SMILES string of the molecule is CCNC(=O)Nc1nc2cc(-c3cnc(C(C)(C)O)nc3)c(F)cc2s1. The standard InChI is InChI=1S/C17H18FN5O2S/c1-4-19-15(24)23-16-22-12-5-10(11(18)6-13(12)26-16)9-7-20-14(21-8-9)17(2,3)25/h5-8,25H,4H2,1-3H3,(H2,19,22,23,24). The van der Waals surface area contributed by atoms with Crippen LogP contribution in [0.25, 0.3) is 21.3 Å². The van der Waals surface area contributed by atoms with Gasteiger partial charge in [0.05, 0.1) is 10.2 Å². The Hall–Kier alpha value is -2.65. The lowest BCUT2D eigenvalue weighted by Gasteiger charge is -2.15. The first kappa shape index (κ1) is 18.2. The minimum Gasteiger partial charge on any atom is -0.382 e. The summed E-state index contributed by atoms with van der Waals surface area (Å²) in [5, 5.41) is 15.5. The first-order valence-corrected chi connectivity index (χ1v) is 8.79. The first-order chi connectivity index (χ1) is 12.3. The van der Waals surface area contributed by atoms with Gasteiger partial charge in [-0.05, 0) is 32.9 Å². The molecule has 2 heterocycles. The van der Waals surface area contributed by atoms with Crippen molar-refractivity contribution in [2.45, 2.75) is 26.4 Å². The summed E-state index contributed by atoms with van der Waals surface area (Å²) in [5.41, 5.74) is 0.165. The number of amides is 2. The van der Waals surface area contributed by atoms with Crippen molar-refractivity contribution in [1.82, 2.24) is 20.3 Å². The topological polar surface area (TPSA) is 100 Å². The van der Waals surface area contributed by atoms with Gasteiger partial charge in [0.1, 0.15) is 11.4 Å². The van der Waals surface area contributed by atoms with E-state index in [2.05, 4.69) is 25.6 Å². The number of aliphatic hydroxyl groups is 1. The number of fused-ring (bicyclic) bond motifs is 1. The Morgan fingerprint density at radius 3 is 2.62 bits per heavy atom. The highest BCUT2D eigenvalue weighted by atomic mass is 32.1. The zero-order valence-corrected chi connectivity index (χ0v) is 15.3. The predicted octanol–water partition coefficient (Wildman–Crippen LogP) is 3.26. The number of anilines is 1. The third-order valence-electron chi connectivity index (χ3n) is 3.55. The Morgan fingerprint density at radius 2 is 2.00 bits per heavy atom. The fraction of sp³-hybridized carbons (Fsp3) is 0.294.